The molecule has 1 N–H and O–H groups in total. The highest BCUT2D eigenvalue weighted by Crippen LogP contribution is 2.28. The van der Waals surface area contributed by atoms with E-state index in [-0.39, 0.29) is 11.2 Å². The number of nitrogens with zero attached hydrogens (tertiary/aromatic N) is 1. The molecule has 2 aromatic carbocycles. The molecule has 4 heteroatoms. The minimum atomic E-state index is -0.168. The molecule has 1 aliphatic heterocycles. The first kappa shape index (κ1) is 22.5. The number of carbonyl (C=O) groups excluding carboxylic acids is 1. The second-order valence-electron chi connectivity index (χ2n) is 9.24. The van der Waals surface area contributed by atoms with E-state index in [9.17, 15) is 4.79 Å². The van der Waals surface area contributed by atoms with Crippen LogP contribution in [0.2, 0.25) is 0 Å². The Labute approximate surface area is 186 Å². The number of benzene rings is 2. The number of carbonyl (C=O) groups is 1. The maximum absolute atomic E-state index is 13.5. The minimum Gasteiger partial charge on any atom is -0.383 e. The van der Waals surface area contributed by atoms with E-state index in [0.717, 1.165) is 40.5 Å². The third kappa shape index (κ3) is 4.92. The number of piperidine rings is 1. The number of anilines is 1. The Balaban J connectivity index is 1.80. The van der Waals surface area contributed by atoms with Crippen LogP contribution in [0, 0.1) is 26.2 Å². The summed E-state index contributed by atoms with van der Waals surface area (Å²) in [5.74, 6) is 0.0736. The Morgan fingerprint density at radius 1 is 1.03 bits per heavy atom. The van der Waals surface area contributed by atoms with Gasteiger partial charge in [-0.1, -0.05) is 55.9 Å². The number of thiocarbonyl (C=S) groups is 1. The van der Waals surface area contributed by atoms with Crippen LogP contribution < -0.4 is 5.32 Å². The topological polar surface area (TPSA) is 32.3 Å². The van der Waals surface area contributed by atoms with E-state index in [1.165, 1.54) is 24.8 Å². The molecule has 0 saturated carbocycles. The number of likely N-dealkylation sites (tertiary alicyclic amines) is 1. The van der Waals surface area contributed by atoms with Crippen LogP contribution >= 0.6 is 12.2 Å². The predicted octanol–water partition coefficient (Wildman–Crippen LogP) is 6.09. The normalized spacial score (nSPS) is 14.5. The fourth-order valence-electron chi connectivity index (χ4n) is 4.42. The Morgan fingerprint density at radius 3 is 2.27 bits per heavy atom. The quantitative estimate of drug-likeness (QED) is 0.451. The van der Waals surface area contributed by atoms with Crippen molar-refractivity contribution in [1.82, 2.24) is 4.90 Å². The molecule has 0 bridgehead atoms. The summed E-state index contributed by atoms with van der Waals surface area (Å²) in [7, 11) is 0. The van der Waals surface area contributed by atoms with Crippen molar-refractivity contribution in [2.75, 3.05) is 25.0 Å². The zero-order valence-electron chi connectivity index (χ0n) is 19.0. The van der Waals surface area contributed by atoms with E-state index >= 15 is 0 Å². The van der Waals surface area contributed by atoms with Crippen LogP contribution in [-0.4, -0.2) is 35.3 Å². The highest BCUT2D eigenvalue weighted by atomic mass is 32.1. The van der Waals surface area contributed by atoms with Crippen molar-refractivity contribution in [2.24, 2.45) is 5.41 Å². The van der Waals surface area contributed by atoms with Crippen molar-refractivity contribution in [1.29, 1.82) is 0 Å². The van der Waals surface area contributed by atoms with Gasteiger partial charge in [0.15, 0.2) is 5.78 Å². The van der Waals surface area contributed by atoms with Crippen molar-refractivity contribution in [2.45, 2.75) is 53.9 Å². The van der Waals surface area contributed by atoms with E-state index in [1.807, 2.05) is 38.1 Å². The van der Waals surface area contributed by atoms with Gasteiger partial charge in [0.25, 0.3) is 0 Å². The van der Waals surface area contributed by atoms with Gasteiger partial charge in [-0.3, -0.25) is 4.79 Å². The molecule has 0 aliphatic carbocycles. The maximum Gasteiger partial charge on any atom is 0.195 e. The van der Waals surface area contributed by atoms with Crippen LogP contribution in [0.3, 0.4) is 0 Å². The Bertz CT molecular complexity index is 919. The average Bonchev–Trinajstić information content (AvgIpc) is 2.71. The van der Waals surface area contributed by atoms with Gasteiger partial charge < -0.3 is 10.2 Å². The third-order valence-corrected chi connectivity index (χ3v) is 6.83. The number of aryl methyl sites for hydroxylation is 3. The van der Waals surface area contributed by atoms with Crippen molar-refractivity contribution >= 4 is 28.7 Å². The van der Waals surface area contributed by atoms with Gasteiger partial charge in [0.05, 0.1) is 4.99 Å². The lowest BCUT2D eigenvalue weighted by Gasteiger charge is -2.37. The second-order valence-corrected chi connectivity index (χ2v) is 9.63. The summed E-state index contributed by atoms with van der Waals surface area (Å²) < 4.78 is 0. The zero-order valence-corrected chi connectivity index (χ0v) is 19.8. The smallest absolute Gasteiger partial charge is 0.195 e. The van der Waals surface area contributed by atoms with E-state index in [1.54, 1.807) is 0 Å². The summed E-state index contributed by atoms with van der Waals surface area (Å²) in [5.41, 5.74) is 5.46. The molecule has 0 amide bonds. The van der Waals surface area contributed by atoms with Crippen LogP contribution in [0.15, 0.2) is 36.4 Å². The summed E-state index contributed by atoms with van der Waals surface area (Å²) in [4.78, 5) is 16.8. The van der Waals surface area contributed by atoms with Gasteiger partial charge in [-0.2, -0.15) is 0 Å². The summed E-state index contributed by atoms with van der Waals surface area (Å²) in [5, 5.41) is 3.54. The van der Waals surface area contributed by atoms with Gasteiger partial charge in [-0.05, 0) is 63.3 Å². The van der Waals surface area contributed by atoms with Crippen LogP contribution in [0.5, 0.6) is 0 Å². The molecule has 0 spiro atoms. The van der Waals surface area contributed by atoms with Gasteiger partial charge in [0, 0.05) is 41.9 Å². The first-order chi connectivity index (χ1) is 14.2. The molecule has 0 radical (unpaired) electrons. The number of ketones is 1. The molecule has 2 aromatic rings. The van der Waals surface area contributed by atoms with Gasteiger partial charge in [0.2, 0.25) is 0 Å². The predicted molar refractivity (Wildman–Crippen MR) is 131 cm³/mol. The molecule has 0 unspecified atom stereocenters. The Hall–Kier alpha value is -2.20. The first-order valence-corrected chi connectivity index (χ1v) is 11.4. The largest absolute Gasteiger partial charge is 0.383 e. The van der Waals surface area contributed by atoms with E-state index < -0.39 is 0 Å². The lowest BCUT2D eigenvalue weighted by Crippen LogP contribution is -2.45. The molecule has 0 atom stereocenters. The lowest BCUT2D eigenvalue weighted by molar-refractivity contribution is 0.103. The van der Waals surface area contributed by atoms with Gasteiger partial charge in [-0.15, -0.1) is 0 Å². The van der Waals surface area contributed by atoms with Crippen molar-refractivity contribution in [3.8, 4) is 0 Å². The number of rotatable bonds is 6. The maximum atomic E-state index is 13.5. The Morgan fingerprint density at radius 2 is 1.63 bits per heavy atom. The molecule has 160 valence electrons. The molecular weight excluding hydrogens is 388 g/mol. The van der Waals surface area contributed by atoms with Crippen molar-refractivity contribution < 1.29 is 4.79 Å². The first-order valence-electron chi connectivity index (χ1n) is 11.0. The van der Waals surface area contributed by atoms with Crippen LogP contribution in [0.25, 0.3) is 0 Å². The lowest BCUT2D eigenvalue weighted by atomic mass is 9.90. The minimum absolute atomic E-state index is 0.0736. The fraction of sp³-hybridized carbons (Fsp3) is 0.462. The van der Waals surface area contributed by atoms with Crippen LogP contribution in [0.4, 0.5) is 5.69 Å². The zero-order chi connectivity index (χ0) is 21.9. The highest BCUT2D eigenvalue weighted by Gasteiger charge is 2.29. The van der Waals surface area contributed by atoms with Gasteiger partial charge in [0.1, 0.15) is 0 Å². The molecule has 3 nitrogen and oxygen atoms in total. The second kappa shape index (κ2) is 9.30. The standard InChI is InChI=1S/C26H34N2OS/c1-18-15-19(2)23(20(3)16-18)24(29)21-11-7-8-12-22(21)27-17-26(4,5)25(30)28-13-9-6-10-14-28/h7-8,11-12,15-16,27H,6,9-10,13-14,17H2,1-5H3. The highest BCUT2D eigenvalue weighted by molar-refractivity contribution is 7.80. The van der Waals surface area contributed by atoms with E-state index in [2.05, 4.69) is 43.1 Å². The third-order valence-electron chi connectivity index (χ3n) is 6.02. The summed E-state index contributed by atoms with van der Waals surface area (Å²) in [6, 6.07) is 12.0. The summed E-state index contributed by atoms with van der Waals surface area (Å²) in [6.45, 7) is 13.3. The van der Waals surface area contributed by atoms with Crippen molar-refractivity contribution in [3.63, 3.8) is 0 Å². The van der Waals surface area contributed by atoms with Crippen molar-refractivity contribution in [3.05, 3.63) is 64.2 Å². The molecule has 30 heavy (non-hydrogen) atoms. The number of nitrogens with one attached hydrogen (secondary N) is 1. The van der Waals surface area contributed by atoms with Crippen LogP contribution in [-0.2, 0) is 0 Å². The van der Waals surface area contributed by atoms with E-state index in [0.29, 0.717) is 12.1 Å². The SMILES string of the molecule is Cc1cc(C)c(C(=O)c2ccccc2NCC(C)(C)C(=S)N2CCCCC2)c(C)c1. The molecule has 3 rings (SSSR count). The number of hydrogen-bond acceptors (Lipinski definition) is 3. The van der Waals surface area contributed by atoms with Gasteiger partial charge >= 0.3 is 0 Å². The molecular formula is C26H34N2OS. The number of para-hydroxylation sites is 1. The Kier molecular flexibility index (Phi) is 6.97. The molecule has 1 fully saturated rings. The number of hydrogen-bond donors (Lipinski definition) is 1. The molecule has 1 heterocycles. The average molecular weight is 423 g/mol. The van der Waals surface area contributed by atoms with Crippen LogP contribution in [0.1, 0.15) is 65.7 Å². The monoisotopic (exact) mass is 422 g/mol. The summed E-state index contributed by atoms with van der Waals surface area (Å²) in [6.07, 6.45) is 3.73. The molecule has 1 saturated heterocycles. The fourth-order valence-corrected chi connectivity index (χ4v) is 4.68. The molecule has 0 aromatic heterocycles. The molecule has 1 aliphatic rings. The van der Waals surface area contributed by atoms with E-state index in [4.69, 9.17) is 12.2 Å². The van der Waals surface area contributed by atoms with Gasteiger partial charge in [-0.25, -0.2) is 0 Å². The summed E-state index contributed by atoms with van der Waals surface area (Å²) >= 11 is 5.85.